The summed E-state index contributed by atoms with van der Waals surface area (Å²) in [6.45, 7) is 2.94. The molecule has 0 unspecified atom stereocenters. The quantitative estimate of drug-likeness (QED) is 0.263. The van der Waals surface area contributed by atoms with Gasteiger partial charge in [0.15, 0.2) is 0 Å². The maximum Gasteiger partial charge on any atom is 0.271 e. The SMILES string of the molecule is CCn1cc(/C=N\NC(=O)c2ccc(Nc3nc4ccccc4c(=O)[nH]3)cc2)c2ccccc21. The van der Waals surface area contributed by atoms with E-state index in [2.05, 4.69) is 43.4 Å². The number of carbonyl (C=O) groups excluding carboxylic acids is 1. The van der Waals surface area contributed by atoms with E-state index in [-0.39, 0.29) is 11.5 Å². The smallest absolute Gasteiger partial charge is 0.271 e. The van der Waals surface area contributed by atoms with Crippen molar-refractivity contribution >= 4 is 45.6 Å². The molecular weight excluding hydrogens is 428 g/mol. The van der Waals surface area contributed by atoms with E-state index < -0.39 is 0 Å². The molecule has 0 atom stereocenters. The Kier molecular flexibility index (Phi) is 5.61. The number of anilines is 2. The molecule has 0 aliphatic carbocycles. The second-order valence-electron chi connectivity index (χ2n) is 7.72. The highest BCUT2D eigenvalue weighted by atomic mass is 16.2. The van der Waals surface area contributed by atoms with Gasteiger partial charge in [-0.3, -0.25) is 14.6 Å². The Morgan fingerprint density at radius 1 is 1.03 bits per heavy atom. The second kappa shape index (κ2) is 9.03. The zero-order chi connectivity index (χ0) is 23.5. The van der Waals surface area contributed by atoms with Gasteiger partial charge in [-0.1, -0.05) is 30.3 Å². The van der Waals surface area contributed by atoms with Gasteiger partial charge in [0.2, 0.25) is 5.95 Å². The van der Waals surface area contributed by atoms with Crippen LogP contribution < -0.4 is 16.3 Å². The fourth-order valence-electron chi connectivity index (χ4n) is 3.85. The van der Waals surface area contributed by atoms with Crippen LogP contribution in [0.3, 0.4) is 0 Å². The third kappa shape index (κ3) is 4.16. The predicted molar refractivity (Wildman–Crippen MR) is 135 cm³/mol. The first-order valence-corrected chi connectivity index (χ1v) is 10.9. The minimum Gasteiger partial charge on any atom is -0.347 e. The summed E-state index contributed by atoms with van der Waals surface area (Å²) in [6, 6.07) is 22.0. The highest BCUT2D eigenvalue weighted by Crippen LogP contribution is 2.20. The Bertz CT molecular complexity index is 1580. The van der Waals surface area contributed by atoms with Gasteiger partial charge in [0, 0.05) is 40.5 Å². The number of aryl methyl sites for hydroxylation is 1. The molecule has 0 saturated heterocycles. The van der Waals surface area contributed by atoms with Crippen molar-refractivity contribution in [2.24, 2.45) is 5.10 Å². The monoisotopic (exact) mass is 450 g/mol. The maximum absolute atomic E-state index is 12.5. The molecule has 0 bridgehead atoms. The molecule has 2 aromatic heterocycles. The molecule has 0 saturated carbocycles. The van der Waals surface area contributed by atoms with Crippen molar-refractivity contribution in [3.8, 4) is 0 Å². The number of hydrazone groups is 1. The summed E-state index contributed by atoms with van der Waals surface area (Å²) in [6.07, 6.45) is 3.68. The number of nitrogens with zero attached hydrogens (tertiary/aromatic N) is 3. The Labute approximate surface area is 195 Å². The molecule has 1 amide bonds. The lowest BCUT2D eigenvalue weighted by molar-refractivity contribution is 0.0955. The van der Waals surface area contributed by atoms with Gasteiger partial charge in [0.05, 0.1) is 17.1 Å². The summed E-state index contributed by atoms with van der Waals surface area (Å²) in [4.78, 5) is 31.9. The molecule has 0 aliphatic heterocycles. The number of amides is 1. The van der Waals surface area contributed by atoms with Gasteiger partial charge < -0.3 is 9.88 Å². The zero-order valence-corrected chi connectivity index (χ0v) is 18.4. The van der Waals surface area contributed by atoms with Crippen molar-refractivity contribution in [3.05, 3.63) is 100 Å². The zero-order valence-electron chi connectivity index (χ0n) is 18.4. The van der Waals surface area contributed by atoms with E-state index in [0.29, 0.717) is 28.1 Å². The van der Waals surface area contributed by atoms with Crippen LogP contribution in [0.1, 0.15) is 22.8 Å². The molecular formula is C26H22N6O2. The van der Waals surface area contributed by atoms with Gasteiger partial charge in [0.1, 0.15) is 0 Å². The lowest BCUT2D eigenvalue weighted by Gasteiger charge is -2.07. The summed E-state index contributed by atoms with van der Waals surface area (Å²) in [5, 5.41) is 8.81. The molecule has 5 rings (SSSR count). The molecule has 3 N–H and O–H groups in total. The first-order chi connectivity index (χ1) is 16.6. The Balaban J connectivity index is 1.27. The van der Waals surface area contributed by atoms with E-state index in [4.69, 9.17) is 0 Å². The molecule has 0 fully saturated rings. The van der Waals surface area contributed by atoms with E-state index in [0.717, 1.165) is 23.0 Å². The van der Waals surface area contributed by atoms with E-state index in [1.807, 2.05) is 30.5 Å². The fourth-order valence-corrected chi connectivity index (χ4v) is 3.85. The normalized spacial score (nSPS) is 11.3. The number of benzene rings is 3. The molecule has 8 nitrogen and oxygen atoms in total. The number of fused-ring (bicyclic) bond motifs is 2. The third-order valence-corrected chi connectivity index (χ3v) is 5.55. The number of carbonyl (C=O) groups is 1. The highest BCUT2D eigenvalue weighted by Gasteiger charge is 2.08. The molecule has 0 radical (unpaired) electrons. The summed E-state index contributed by atoms with van der Waals surface area (Å²) in [7, 11) is 0. The van der Waals surface area contributed by atoms with Gasteiger partial charge in [-0.25, -0.2) is 10.4 Å². The van der Waals surface area contributed by atoms with Crippen molar-refractivity contribution in [1.29, 1.82) is 0 Å². The minimum absolute atomic E-state index is 0.219. The Hall–Kier alpha value is -4.72. The van der Waals surface area contributed by atoms with Crippen molar-refractivity contribution in [3.63, 3.8) is 0 Å². The van der Waals surface area contributed by atoms with Crippen LogP contribution in [0.15, 0.2) is 88.9 Å². The second-order valence-corrected chi connectivity index (χ2v) is 7.72. The molecule has 0 spiro atoms. The number of aromatic nitrogens is 3. The van der Waals surface area contributed by atoms with Crippen LogP contribution in [-0.4, -0.2) is 26.7 Å². The van der Waals surface area contributed by atoms with Crippen LogP contribution in [0.4, 0.5) is 11.6 Å². The summed E-state index contributed by atoms with van der Waals surface area (Å²) in [5.41, 5.74) is 6.17. The Morgan fingerprint density at radius 2 is 1.76 bits per heavy atom. The van der Waals surface area contributed by atoms with Crippen LogP contribution in [0.2, 0.25) is 0 Å². The maximum atomic E-state index is 12.5. The molecule has 168 valence electrons. The van der Waals surface area contributed by atoms with Gasteiger partial charge in [-0.15, -0.1) is 0 Å². The van der Waals surface area contributed by atoms with E-state index in [1.54, 1.807) is 48.7 Å². The van der Waals surface area contributed by atoms with Crippen molar-refractivity contribution < 1.29 is 4.79 Å². The van der Waals surface area contributed by atoms with Gasteiger partial charge >= 0.3 is 0 Å². The number of rotatable bonds is 6. The lowest BCUT2D eigenvalue weighted by atomic mass is 10.2. The van der Waals surface area contributed by atoms with Gasteiger partial charge in [-0.2, -0.15) is 5.10 Å². The molecule has 8 heteroatoms. The minimum atomic E-state index is -0.320. The molecule has 0 aliphatic rings. The Morgan fingerprint density at radius 3 is 2.56 bits per heavy atom. The topological polar surface area (TPSA) is 104 Å². The highest BCUT2D eigenvalue weighted by molar-refractivity contribution is 6.00. The van der Waals surface area contributed by atoms with E-state index in [9.17, 15) is 9.59 Å². The van der Waals surface area contributed by atoms with Crippen molar-refractivity contribution in [2.45, 2.75) is 13.5 Å². The van der Waals surface area contributed by atoms with E-state index in [1.165, 1.54) is 0 Å². The number of hydrogen-bond donors (Lipinski definition) is 3. The number of hydrogen-bond acceptors (Lipinski definition) is 5. The number of para-hydroxylation sites is 2. The van der Waals surface area contributed by atoms with Crippen molar-refractivity contribution in [2.75, 3.05) is 5.32 Å². The number of aromatic amines is 1. The standard InChI is InChI=1S/C26H22N6O2/c1-2-32-16-18(20-7-4-6-10-23(20)32)15-27-31-24(33)17-11-13-19(14-12-17)28-26-29-22-9-5-3-8-21(22)25(34)30-26/h3-16H,2H2,1H3,(H,31,33)(H2,28,29,30,34)/b27-15-. The summed E-state index contributed by atoms with van der Waals surface area (Å²) >= 11 is 0. The van der Waals surface area contributed by atoms with Crippen LogP contribution in [0, 0.1) is 0 Å². The summed E-state index contributed by atoms with van der Waals surface area (Å²) in [5.74, 6) is 0.0102. The van der Waals surface area contributed by atoms with E-state index >= 15 is 0 Å². The number of nitrogens with one attached hydrogen (secondary N) is 3. The third-order valence-electron chi connectivity index (χ3n) is 5.55. The lowest BCUT2D eigenvalue weighted by Crippen LogP contribution is -2.17. The van der Waals surface area contributed by atoms with Crippen LogP contribution in [0.25, 0.3) is 21.8 Å². The van der Waals surface area contributed by atoms with Gasteiger partial charge in [0.25, 0.3) is 11.5 Å². The van der Waals surface area contributed by atoms with Crippen molar-refractivity contribution in [1.82, 2.24) is 20.0 Å². The van der Waals surface area contributed by atoms with Crippen LogP contribution >= 0.6 is 0 Å². The molecule has 34 heavy (non-hydrogen) atoms. The first-order valence-electron chi connectivity index (χ1n) is 10.9. The van der Waals surface area contributed by atoms with Crippen LogP contribution in [0.5, 0.6) is 0 Å². The molecule has 5 aromatic rings. The van der Waals surface area contributed by atoms with Gasteiger partial charge in [-0.05, 0) is 49.4 Å². The fraction of sp³-hybridized carbons (Fsp3) is 0.0769. The summed E-state index contributed by atoms with van der Waals surface area (Å²) < 4.78 is 2.14. The molecule has 2 heterocycles. The molecule has 3 aromatic carbocycles. The number of H-pyrrole nitrogens is 1. The predicted octanol–water partition coefficient (Wildman–Crippen LogP) is 4.41. The average molecular weight is 451 g/mol. The average Bonchev–Trinajstić information content (AvgIpc) is 3.22. The largest absolute Gasteiger partial charge is 0.347 e. The van der Waals surface area contributed by atoms with Crippen LogP contribution in [-0.2, 0) is 6.54 Å². The first kappa shape index (κ1) is 21.1.